The van der Waals surface area contributed by atoms with Crippen LogP contribution in [0, 0.1) is 0 Å². The number of pyridine rings is 1. The van der Waals surface area contributed by atoms with Crippen LogP contribution in [0.2, 0.25) is 0 Å². The van der Waals surface area contributed by atoms with Crippen molar-refractivity contribution in [3.05, 3.63) is 30.7 Å². The highest BCUT2D eigenvalue weighted by molar-refractivity contribution is 7.92. The van der Waals surface area contributed by atoms with Crippen LogP contribution >= 0.6 is 11.3 Å². The Bertz CT molecular complexity index is 414. The number of nitrogens with zero attached hydrogens (tertiary/aromatic N) is 2. The molecule has 0 aromatic carbocycles. The summed E-state index contributed by atoms with van der Waals surface area (Å²) in [7, 11) is 0. The second kappa shape index (κ2) is 4.08. The lowest BCUT2D eigenvalue weighted by Crippen LogP contribution is -1.94. The largest absolute Gasteiger partial charge is 0.610 e. The van der Waals surface area contributed by atoms with Gasteiger partial charge in [-0.25, -0.2) is 0 Å². The molecule has 0 spiro atoms. The first kappa shape index (κ1) is 9.64. The van der Waals surface area contributed by atoms with Gasteiger partial charge in [-0.2, -0.15) is 4.98 Å². The smallest absolute Gasteiger partial charge is 0.301 e. The minimum atomic E-state index is -0.995. The summed E-state index contributed by atoms with van der Waals surface area (Å²) in [5.41, 5.74) is 1.02. The molecule has 0 saturated heterocycles. The molecule has 0 N–H and O–H groups in total. The van der Waals surface area contributed by atoms with Crippen LogP contribution in [-0.2, 0) is 11.2 Å². The van der Waals surface area contributed by atoms with Crippen molar-refractivity contribution < 1.29 is 4.55 Å². The second-order valence-corrected chi connectivity index (χ2v) is 5.27. The Morgan fingerprint density at radius 2 is 2.29 bits per heavy atom. The summed E-state index contributed by atoms with van der Waals surface area (Å²) >= 11 is 0.448. The van der Waals surface area contributed by atoms with E-state index in [0.717, 1.165) is 10.4 Å². The van der Waals surface area contributed by atoms with Crippen molar-refractivity contribution in [2.75, 3.05) is 6.26 Å². The highest BCUT2D eigenvalue weighted by Crippen LogP contribution is 2.27. The van der Waals surface area contributed by atoms with Gasteiger partial charge >= 0.3 is 4.34 Å². The molecule has 14 heavy (non-hydrogen) atoms. The standard InChI is InChI=1S/C9H8N2OS2/c1-14(12)9-11-6-8(13-9)7-3-2-4-10-5-7/h2-6H,1H3. The molecule has 3 nitrogen and oxygen atoms in total. The Balaban J connectivity index is 2.34. The second-order valence-electron chi connectivity index (χ2n) is 2.69. The van der Waals surface area contributed by atoms with Crippen LogP contribution in [0.15, 0.2) is 35.1 Å². The Morgan fingerprint density at radius 1 is 1.43 bits per heavy atom. The minimum Gasteiger partial charge on any atom is -0.610 e. The van der Waals surface area contributed by atoms with Gasteiger partial charge in [0.25, 0.3) is 0 Å². The van der Waals surface area contributed by atoms with Crippen molar-refractivity contribution in [2.45, 2.75) is 4.34 Å². The number of rotatable bonds is 2. The lowest BCUT2D eigenvalue weighted by molar-refractivity contribution is 0.600. The zero-order valence-corrected chi connectivity index (χ0v) is 9.14. The lowest BCUT2D eigenvalue weighted by Gasteiger charge is -1.96. The predicted octanol–water partition coefficient (Wildman–Crippen LogP) is 1.94. The van der Waals surface area contributed by atoms with Gasteiger partial charge in [-0.3, -0.25) is 4.98 Å². The van der Waals surface area contributed by atoms with E-state index < -0.39 is 11.2 Å². The number of thiazole rings is 1. The van der Waals surface area contributed by atoms with Crippen molar-refractivity contribution >= 4 is 22.5 Å². The minimum absolute atomic E-state index is 0.656. The highest BCUT2D eigenvalue weighted by atomic mass is 32.2. The third-order valence-corrected chi connectivity index (χ3v) is 4.07. The summed E-state index contributed by atoms with van der Waals surface area (Å²) in [4.78, 5) is 9.10. The Kier molecular flexibility index (Phi) is 2.81. The number of aromatic nitrogens is 2. The molecule has 2 aromatic rings. The monoisotopic (exact) mass is 224 g/mol. The molecule has 1 atom stereocenters. The number of hydrogen-bond donors (Lipinski definition) is 0. The molecule has 0 bridgehead atoms. The molecule has 0 amide bonds. The van der Waals surface area contributed by atoms with Crippen LogP contribution in [-0.4, -0.2) is 20.8 Å². The van der Waals surface area contributed by atoms with Crippen LogP contribution in [0.5, 0.6) is 0 Å². The van der Waals surface area contributed by atoms with Crippen molar-refractivity contribution in [3.8, 4) is 10.4 Å². The first-order chi connectivity index (χ1) is 6.77. The van der Waals surface area contributed by atoms with Crippen LogP contribution in [0.4, 0.5) is 0 Å². The highest BCUT2D eigenvalue weighted by Gasteiger charge is 2.11. The first-order valence-corrected chi connectivity index (χ1v) is 6.34. The van der Waals surface area contributed by atoms with E-state index in [9.17, 15) is 4.55 Å². The molecule has 0 aliphatic carbocycles. The molecule has 0 fully saturated rings. The summed E-state index contributed by atoms with van der Waals surface area (Å²) in [5.74, 6) is 0. The summed E-state index contributed by atoms with van der Waals surface area (Å²) < 4.78 is 11.8. The lowest BCUT2D eigenvalue weighted by atomic mass is 10.3. The maximum atomic E-state index is 11.1. The maximum Gasteiger partial charge on any atom is 0.301 e. The third-order valence-electron chi connectivity index (χ3n) is 1.68. The SMILES string of the molecule is C[S+]([O-])c1ncc(-c2cccnc2)s1. The molecule has 0 radical (unpaired) electrons. The zero-order chi connectivity index (χ0) is 9.97. The fraction of sp³-hybridized carbons (Fsp3) is 0.111. The summed E-state index contributed by atoms with van der Waals surface area (Å²) in [6, 6.07) is 3.83. The van der Waals surface area contributed by atoms with Crippen LogP contribution in [0.25, 0.3) is 10.4 Å². The van der Waals surface area contributed by atoms with E-state index in [4.69, 9.17) is 0 Å². The van der Waals surface area contributed by atoms with Crippen molar-refractivity contribution in [1.82, 2.24) is 9.97 Å². The van der Waals surface area contributed by atoms with E-state index in [0.29, 0.717) is 4.34 Å². The molecular formula is C9H8N2OS2. The summed E-state index contributed by atoms with van der Waals surface area (Å²) in [6.45, 7) is 0. The molecule has 1 unspecified atom stereocenters. The molecule has 5 heteroatoms. The van der Waals surface area contributed by atoms with Crippen molar-refractivity contribution in [2.24, 2.45) is 0 Å². The summed E-state index contributed by atoms with van der Waals surface area (Å²) in [6.07, 6.45) is 6.86. The normalized spacial score (nSPS) is 12.7. The van der Waals surface area contributed by atoms with Gasteiger partial charge in [0.05, 0.1) is 11.1 Å². The Morgan fingerprint density at radius 3 is 2.86 bits per heavy atom. The van der Waals surface area contributed by atoms with Crippen LogP contribution < -0.4 is 0 Å². The van der Waals surface area contributed by atoms with Gasteiger partial charge in [-0.05, 0) is 6.07 Å². The fourth-order valence-electron chi connectivity index (χ4n) is 1.03. The van der Waals surface area contributed by atoms with Crippen LogP contribution in [0.3, 0.4) is 0 Å². The van der Waals surface area contributed by atoms with Gasteiger partial charge < -0.3 is 4.55 Å². The average molecular weight is 224 g/mol. The van der Waals surface area contributed by atoms with Gasteiger partial charge in [-0.15, -0.1) is 0 Å². The van der Waals surface area contributed by atoms with E-state index in [1.807, 2.05) is 12.1 Å². The van der Waals surface area contributed by atoms with Crippen molar-refractivity contribution in [1.29, 1.82) is 0 Å². The third kappa shape index (κ3) is 1.95. The molecule has 0 aliphatic heterocycles. The van der Waals surface area contributed by atoms with E-state index in [1.165, 1.54) is 11.3 Å². The van der Waals surface area contributed by atoms with E-state index in [2.05, 4.69) is 9.97 Å². The van der Waals surface area contributed by atoms with Gasteiger partial charge in [0, 0.05) is 29.1 Å². The van der Waals surface area contributed by atoms with Gasteiger partial charge in [0.15, 0.2) is 0 Å². The molecular weight excluding hydrogens is 216 g/mol. The van der Waals surface area contributed by atoms with Gasteiger partial charge in [-0.1, -0.05) is 17.4 Å². The fourth-order valence-corrected chi connectivity index (χ4v) is 2.61. The molecule has 2 heterocycles. The first-order valence-electron chi connectivity index (χ1n) is 3.97. The molecule has 2 rings (SSSR count). The zero-order valence-electron chi connectivity index (χ0n) is 7.51. The van der Waals surface area contributed by atoms with Crippen LogP contribution in [0.1, 0.15) is 0 Å². The van der Waals surface area contributed by atoms with Gasteiger partial charge in [0.2, 0.25) is 0 Å². The van der Waals surface area contributed by atoms with E-state index in [-0.39, 0.29) is 0 Å². The van der Waals surface area contributed by atoms with E-state index >= 15 is 0 Å². The van der Waals surface area contributed by atoms with Gasteiger partial charge in [0.1, 0.15) is 6.26 Å². The molecule has 0 aliphatic rings. The predicted molar refractivity (Wildman–Crippen MR) is 57.7 cm³/mol. The molecule has 72 valence electrons. The van der Waals surface area contributed by atoms with Crippen molar-refractivity contribution in [3.63, 3.8) is 0 Å². The number of hydrogen-bond acceptors (Lipinski definition) is 4. The maximum absolute atomic E-state index is 11.1. The Hall–Kier alpha value is -0.910. The summed E-state index contributed by atoms with van der Waals surface area (Å²) in [5, 5.41) is 0. The molecule has 2 aromatic heterocycles. The quantitative estimate of drug-likeness (QED) is 0.732. The average Bonchev–Trinajstić information content (AvgIpc) is 2.68. The Labute approximate surface area is 89.0 Å². The topological polar surface area (TPSA) is 48.8 Å². The van der Waals surface area contributed by atoms with E-state index in [1.54, 1.807) is 24.8 Å². The molecule has 0 saturated carbocycles.